The minimum atomic E-state index is -0.134. The van der Waals surface area contributed by atoms with E-state index >= 15 is 0 Å². The van der Waals surface area contributed by atoms with Crippen molar-refractivity contribution in [2.45, 2.75) is 57.5 Å². The first-order chi connectivity index (χ1) is 9.22. The van der Waals surface area contributed by atoms with Gasteiger partial charge in [-0.2, -0.15) is 0 Å². The van der Waals surface area contributed by atoms with E-state index in [1.54, 1.807) is 12.1 Å². The molecule has 1 N–H and O–H groups in total. The van der Waals surface area contributed by atoms with Crippen LogP contribution in [-0.4, -0.2) is 6.04 Å². The molecule has 1 aromatic carbocycles. The number of rotatable bonds is 4. The van der Waals surface area contributed by atoms with E-state index in [0.29, 0.717) is 12.1 Å². The van der Waals surface area contributed by atoms with E-state index in [1.165, 1.54) is 44.1 Å². The SMILES string of the molecule is CC1CCC(NC(c2ccc(F)cc2)C2CC2)CC1. The first kappa shape index (κ1) is 13.1. The van der Waals surface area contributed by atoms with Gasteiger partial charge in [-0.3, -0.25) is 0 Å². The molecule has 0 aromatic heterocycles. The maximum atomic E-state index is 13.0. The maximum Gasteiger partial charge on any atom is 0.123 e. The molecule has 1 atom stereocenters. The van der Waals surface area contributed by atoms with Crippen LogP contribution in [0.4, 0.5) is 4.39 Å². The van der Waals surface area contributed by atoms with Gasteiger partial charge in [-0.25, -0.2) is 4.39 Å². The average molecular weight is 261 g/mol. The van der Waals surface area contributed by atoms with Crippen molar-refractivity contribution in [2.75, 3.05) is 0 Å². The van der Waals surface area contributed by atoms with Crippen LogP contribution in [0.25, 0.3) is 0 Å². The minimum Gasteiger partial charge on any atom is -0.307 e. The summed E-state index contributed by atoms with van der Waals surface area (Å²) in [5.74, 6) is 1.53. The van der Waals surface area contributed by atoms with Gasteiger partial charge in [0.25, 0.3) is 0 Å². The molecule has 2 aliphatic carbocycles. The lowest BCUT2D eigenvalue weighted by Gasteiger charge is -2.31. The normalized spacial score (nSPS) is 29.2. The largest absolute Gasteiger partial charge is 0.307 e. The van der Waals surface area contributed by atoms with E-state index in [2.05, 4.69) is 12.2 Å². The van der Waals surface area contributed by atoms with Crippen molar-refractivity contribution >= 4 is 0 Å². The number of halogens is 1. The fraction of sp³-hybridized carbons (Fsp3) is 0.647. The molecule has 1 aromatic rings. The second-order valence-corrected chi connectivity index (χ2v) is 6.49. The van der Waals surface area contributed by atoms with Crippen molar-refractivity contribution in [3.8, 4) is 0 Å². The highest BCUT2D eigenvalue weighted by Crippen LogP contribution is 2.42. The van der Waals surface area contributed by atoms with Crippen LogP contribution in [0.15, 0.2) is 24.3 Å². The minimum absolute atomic E-state index is 0.134. The summed E-state index contributed by atoms with van der Waals surface area (Å²) < 4.78 is 13.0. The summed E-state index contributed by atoms with van der Waals surface area (Å²) in [7, 11) is 0. The van der Waals surface area contributed by atoms with Gasteiger partial charge in [0.2, 0.25) is 0 Å². The molecule has 2 heteroatoms. The van der Waals surface area contributed by atoms with Crippen molar-refractivity contribution < 1.29 is 4.39 Å². The molecular weight excluding hydrogens is 237 g/mol. The molecule has 0 saturated heterocycles. The Morgan fingerprint density at radius 2 is 1.63 bits per heavy atom. The van der Waals surface area contributed by atoms with Gasteiger partial charge in [-0.05, 0) is 68.1 Å². The van der Waals surface area contributed by atoms with Gasteiger partial charge in [0, 0.05) is 12.1 Å². The summed E-state index contributed by atoms with van der Waals surface area (Å²) in [6.07, 6.45) is 7.92. The van der Waals surface area contributed by atoms with Gasteiger partial charge >= 0.3 is 0 Å². The third kappa shape index (κ3) is 3.36. The van der Waals surface area contributed by atoms with Crippen molar-refractivity contribution in [1.82, 2.24) is 5.32 Å². The maximum absolute atomic E-state index is 13.0. The summed E-state index contributed by atoms with van der Waals surface area (Å²) in [5.41, 5.74) is 1.27. The van der Waals surface area contributed by atoms with Gasteiger partial charge in [0.15, 0.2) is 0 Å². The zero-order chi connectivity index (χ0) is 13.2. The van der Waals surface area contributed by atoms with Crippen molar-refractivity contribution in [1.29, 1.82) is 0 Å². The topological polar surface area (TPSA) is 12.0 Å². The zero-order valence-electron chi connectivity index (χ0n) is 11.7. The van der Waals surface area contributed by atoms with Gasteiger partial charge in [-0.15, -0.1) is 0 Å². The number of hydrogen-bond donors (Lipinski definition) is 1. The van der Waals surface area contributed by atoms with Gasteiger partial charge in [-0.1, -0.05) is 19.1 Å². The highest BCUT2D eigenvalue weighted by atomic mass is 19.1. The van der Waals surface area contributed by atoms with Gasteiger partial charge in [0.1, 0.15) is 5.82 Å². The third-order valence-electron chi connectivity index (χ3n) is 4.75. The Hall–Kier alpha value is -0.890. The quantitative estimate of drug-likeness (QED) is 0.844. The van der Waals surface area contributed by atoms with E-state index in [0.717, 1.165) is 11.8 Å². The highest BCUT2D eigenvalue weighted by Gasteiger charge is 2.34. The van der Waals surface area contributed by atoms with E-state index in [9.17, 15) is 4.39 Å². The first-order valence-corrected chi connectivity index (χ1v) is 7.74. The Labute approximate surface area is 115 Å². The van der Waals surface area contributed by atoms with E-state index in [-0.39, 0.29) is 5.82 Å². The Morgan fingerprint density at radius 3 is 2.21 bits per heavy atom. The molecule has 19 heavy (non-hydrogen) atoms. The molecule has 1 unspecified atom stereocenters. The fourth-order valence-electron chi connectivity index (χ4n) is 3.28. The molecule has 104 valence electrons. The molecule has 2 fully saturated rings. The monoisotopic (exact) mass is 261 g/mol. The molecule has 2 aliphatic rings. The number of hydrogen-bond acceptors (Lipinski definition) is 1. The lowest BCUT2D eigenvalue weighted by Crippen LogP contribution is -2.36. The summed E-state index contributed by atoms with van der Waals surface area (Å²) in [6, 6.07) is 8.20. The van der Waals surface area contributed by atoms with Crippen LogP contribution in [0.2, 0.25) is 0 Å². The lowest BCUT2D eigenvalue weighted by molar-refractivity contribution is 0.278. The molecule has 0 amide bonds. The van der Waals surface area contributed by atoms with E-state index in [4.69, 9.17) is 0 Å². The molecule has 0 aliphatic heterocycles. The standard InChI is InChI=1S/C17H24FN/c1-12-2-10-16(11-3-12)19-17(13-4-5-13)14-6-8-15(18)9-7-14/h6-9,12-13,16-17,19H,2-5,10-11H2,1H3. The summed E-state index contributed by atoms with van der Waals surface area (Å²) in [6.45, 7) is 2.36. The van der Waals surface area contributed by atoms with Crippen LogP contribution in [0.1, 0.15) is 57.1 Å². The second kappa shape index (κ2) is 5.62. The van der Waals surface area contributed by atoms with Crippen molar-refractivity contribution in [3.05, 3.63) is 35.6 Å². The summed E-state index contributed by atoms with van der Waals surface area (Å²) >= 11 is 0. The summed E-state index contributed by atoms with van der Waals surface area (Å²) in [4.78, 5) is 0. The van der Waals surface area contributed by atoms with Crippen molar-refractivity contribution in [3.63, 3.8) is 0 Å². The Bertz CT molecular complexity index is 402. The first-order valence-electron chi connectivity index (χ1n) is 7.74. The molecule has 1 nitrogen and oxygen atoms in total. The molecule has 0 bridgehead atoms. The summed E-state index contributed by atoms with van der Waals surface area (Å²) in [5, 5.41) is 3.85. The lowest BCUT2D eigenvalue weighted by atomic mass is 9.86. The molecule has 2 saturated carbocycles. The molecule has 0 spiro atoms. The van der Waals surface area contributed by atoms with Crippen LogP contribution in [0.3, 0.4) is 0 Å². The number of nitrogens with one attached hydrogen (secondary N) is 1. The highest BCUT2D eigenvalue weighted by molar-refractivity contribution is 5.22. The Morgan fingerprint density at radius 1 is 1.00 bits per heavy atom. The van der Waals surface area contributed by atoms with Crippen LogP contribution < -0.4 is 5.32 Å². The van der Waals surface area contributed by atoms with Crippen molar-refractivity contribution in [2.24, 2.45) is 11.8 Å². The average Bonchev–Trinajstić information content (AvgIpc) is 3.24. The van der Waals surface area contributed by atoms with E-state index in [1.807, 2.05) is 12.1 Å². The number of benzene rings is 1. The van der Waals surface area contributed by atoms with Crippen LogP contribution in [0.5, 0.6) is 0 Å². The molecular formula is C17H24FN. The van der Waals surface area contributed by atoms with E-state index < -0.39 is 0 Å². The van der Waals surface area contributed by atoms with Gasteiger partial charge in [0.05, 0.1) is 0 Å². The fourth-order valence-corrected chi connectivity index (χ4v) is 3.28. The Balaban J connectivity index is 1.66. The van der Waals surface area contributed by atoms with Gasteiger partial charge < -0.3 is 5.32 Å². The predicted molar refractivity (Wildman–Crippen MR) is 76.4 cm³/mol. The predicted octanol–water partition coefficient (Wildman–Crippen LogP) is 4.45. The molecule has 0 radical (unpaired) electrons. The Kier molecular flexibility index (Phi) is 3.88. The smallest absolute Gasteiger partial charge is 0.123 e. The molecule has 0 heterocycles. The van der Waals surface area contributed by atoms with Crippen LogP contribution >= 0.6 is 0 Å². The zero-order valence-corrected chi connectivity index (χ0v) is 11.7. The van der Waals surface area contributed by atoms with Crippen LogP contribution in [-0.2, 0) is 0 Å². The van der Waals surface area contributed by atoms with Crippen LogP contribution in [0, 0.1) is 17.7 Å². The third-order valence-corrected chi connectivity index (χ3v) is 4.75. The molecule has 3 rings (SSSR count). The second-order valence-electron chi connectivity index (χ2n) is 6.49.